The van der Waals surface area contributed by atoms with E-state index >= 15 is 0 Å². The number of hydrogen-bond acceptors (Lipinski definition) is 6. The third kappa shape index (κ3) is 4.65. The van der Waals surface area contributed by atoms with Crippen LogP contribution in [0.3, 0.4) is 0 Å². The maximum absolute atomic E-state index is 13.3. The van der Waals surface area contributed by atoms with Crippen molar-refractivity contribution in [2.75, 3.05) is 39.4 Å². The van der Waals surface area contributed by atoms with Gasteiger partial charge in [-0.05, 0) is 34.9 Å². The molecule has 1 aromatic heterocycles. The van der Waals surface area contributed by atoms with Gasteiger partial charge >= 0.3 is 0 Å². The quantitative estimate of drug-likeness (QED) is 0.606. The number of nitrogens with zero attached hydrogens (tertiary/aromatic N) is 2. The molecule has 170 valence electrons. The van der Waals surface area contributed by atoms with Crippen molar-refractivity contribution in [2.24, 2.45) is 0 Å². The molecule has 7 heteroatoms. The predicted octanol–water partition coefficient (Wildman–Crippen LogP) is 4.17. The molecule has 0 bridgehead atoms. The first-order valence-electron chi connectivity index (χ1n) is 11.2. The van der Waals surface area contributed by atoms with Gasteiger partial charge in [-0.1, -0.05) is 44.2 Å². The van der Waals surface area contributed by atoms with E-state index in [4.69, 9.17) is 4.74 Å². The monoisotopic (exact) mass is 454 g/mol. The molecule has 0 aliphatic carbocycles. The minimum Gasteiger partial charge on any atom is -0.503 e. The van der Waals surface area contributed by atoms with E-state index < -0.39 is 17.7 Å². The van der Waals surface area contributed by atoms with Crippen molar-refractivity contribution in [3.8, 4) is 0 Å². The van der Waals surface area contributed by atoms with E-state index in [1.807, 2.05) is 29.6 Å². The van der Waals surface area contributed by atoms with Gasteiger partial charge < -0.3 is 14.7 Å². The SMILES string of the molecule is CC(C)c1ccc([C@H]2C(C(=O)c3cccs3)=C(O)C(=O)N2CCCN2CCOCC2)cc1. The van der Waals surface area contributed by atoms with Gasteiger partial charge in [-0.25, -0.2) is 0 Å². The molecule has 6 nitrogen and oxygen atoms in total. The molecule has 1 saturated heterocycles. The molecule has 2 aromatic rings. The predicted molar refractivity (Wildman–Crippen MR) is 125 cm³/mol. The first-order valence-corrected chi connectivity index (χ1v) is 12.1. The average Bonchev–Trinajstić information content (AvgIpc) is 3.43. The summed E-state index contributed by atoms with van der Waals surface area (Å²) in [7, 11) is 0. The Labute approximate surface area is 193 Å². The number of ether oxygens (including phenoxy) is 1. The third-order valence-electron chi connectivity index (χ3n) is 6.19. The maximum Gasteiger partial charge on any atom is 0.290 e. The van der Waals surface area contributed by atoms with Crippen molar-refractivity contribution in [3.63, 3.8) is 0 Å². The Morgan fingerprint density at radius 3 is 2.50 bits per heavy atom. The molecule has 3 heterocycles. The Bertz CT molecular complexity index is 976. The van der Waals surface area contributed by atoms with Crippen molar-refractivity contribution in [2.45, 2.75) is 32.2 Å². The van der Waals surface area contributed by atoms with Crippen LogP contribution >= 0.6 is 11.3 Å². The van der Waals surface area contributed by atoms with Crippen molar-refractivity contribution < 1.29 is 19.4 Å². The van der Waals surface area contributed by atoms with E-state index in [9.17, 15) is 14.7 Å². The Balaban J connectivity index is 1.60. The van der Waals surface area contributed by atoms with E-state index in [2.05, 4.69) is 18.7 Å². The Kier molecular flexibility index (Phi) is 7.08. The van der Waals surface area contributed by atoms with Crippen molar-refractivity contribution in [1.29, 1.82) is 0 Å². The van der Waals surface area contributed by atoms with E-state index in [1.165, 1.54) is 16.9 Å². The zero-order valence-corrected chi connectivity index (χ0v) is 19.4. The highest BCUT2D eigenvalue weighted by Crippen LogP contribution is 2.39. The molecule has 0 saturated carbocycles. The molecule has 0 radical (unpaired) electrons. The van der Waals surface area contributed by atoms with Crippen LogP contribution in [0.15, 0.2) is 53.1 Å². The van der Waals surface area contributed by atoms with Crippen LogP contribution < -0.4 is 0 Å². The average molecular weight is 455 g/mol. The van der Waals surface area contributed by atoms with E-state index in [0.29, 0.717) is 17.3 Å². The van der Waals surface area contributed by atoms with E-state index in [0.717, 1.165) is 44.8 Å². The molecule has 1 amide bonds. The summed E-state index contributed by atoms with van der Waals surface area (Å²) < 4.78 is 5.41. The number of hydrogen-bond donors (Lipinski definition) is 1. The second-order valence-electron chi connectivity index (χ2n) is 8.60. The topological polar surface area (TPSA) is 70.1 Å². The number of ketones is 1. The Hall–Kier alpha value is -2.48. The Morgan fingerprint density at radius 1 is 1.16 bits per heavy atom. The summed E-state index contributed by atoms with van der Waals surface area (Å²) in [5, 5.41) is 12.6. The fourth-order valence-corrected chi connectivity index (χ4v) is 5.03. The van der Waals surface area contributed by atoms with Crippen LogP contribution in [0, 0.1) is 0 Å². The molecule has 0 spiro atoms. The number of aliphatic hydroxyl groups excluding tert-OH is 1. The number of aliphatic hydroxyl groups is 1. The lowest BCUT2D eigenvalue weighted by atomic mass is 9.93. The molecule has 1 aromatic carbocycles. The van der Waals surface area contributed by atoms with Crippen LogP contribution in [-0.4, -0.2) is 66.0 Å². The van der Waals surface area contributed by atoms with Crippen molar-refractivity contribution in [3.05, 3.63) is 69.1 Å². The Morgan fingerprint density at radius 2 is 1.88 bits per heavy atom. The fraction of sp³-hybridized carbons (Fsp3) is 0.440. The van der Waals surface area contributed by atoms with Gasteiger partial charge in [0.15, 0.2) is 5.76 Å². The van der Waals surface area contributed by atoms with Gasteiger partial charge in [-0.2, -0.15) is 0 Å². The van der Waals surface area contributed by atoms with Crippen LogP contribution in [0.4, 0.5) is 0 Å². The summed E-state index contributed by atoms with van der Waals surface area (Å²) in [5.74, 6) is -0.785. The normalized spacial score (nSPS) is 19.9. The maximum atomic E-state index is 13.3. The minimum absolute atomic E-state index is 0.182. The fourth-order valence-electron chi connectivity index (χ4n) is 4.36. The molecular formula is C25H30N2O4S. The molecule has 0 unspecified atom stereocenters. The van der Waals surface area contributed by atoms with Crippen molar-refractivity contribution >= 4 is 23.0 Å². The number of carbonyl (C=O) groups is 2. The molecule has 1 N–H and O–H groups in total. The number of benzene rings is 1. The highest BCUT2D eigenvalue weighted by Gasteiger charge is 2.43. The molecule has 1 atom stereocenters. The molecule has 1 fully saturated rings. The highest BCUT2D eigenvalue weighted by atomic mass is 32.1. The summed E-state index contributed by atoms with van der Waals surface area (Å²) in [6.07, 6.45) is 0.764. The van der Waals surface area contributed by atoms with Gasteiger partial charge in [0.05, 0.1) is 29.7 Å². The highest BCUT2D eigenvalue weighted by molar-refractivity contribution is 7.12. The zero-order valence-electron chi connectivity index (χ0n) is 18.6. The summed E-state index contributed by atoms with van der Waals surface area (Å²) in [6.45, 7) is 8.82. The minimum atomic E-state index is -0.581. The smallest absolute Gasteiger partial charge is 0.290 e. The van der Waals surface area contributed by atoms with Gasteiger partial charge in [-0.3, -0.25) is 14.5 Å². The lowest BCUT2D eigenvalue weighted by molar-refractivity contribution is -0.129. The van der Waals surface area contributed by atoms with E-state index in [1.54, 1.807) is 17.0 Å². The molecule has 2 aliphatic rings. The van der Waals surface area contributed by atoms with Crippen LogP contribution in [0.25, 0.3) is 0 Å². The van der Waals surface area contributed by atoms with E-state index in [-0.39, 0.29) is 11.4 Å². The summed E-state index contributed by atoms with van der Waals surface area (Å²) >= 11 is 1.32. The number of carbonyl (C=O) groups excluding carboxylic acids is 2. The largest absolute Gasteiger partial charge is 0.503 e. The molecule has 32 heavy (non-hydrogen) atoms. The molecular weight excluding hydrogens is 424 g/mol. The first kappa shape index (κ1) is 22.7. The van der Waals surface area contributed by atoms with Gasteiger partial charge in [-0.15, -0.1) is 11.3 Å². The second-order valence-corrected chi connectivity index (χ2v) is 9.55. The number of thiophene rings is 1. The van der Waals surface area contributed by atoms with Crippen LogP contribution in [-0.2, 0) is 9.53 Å². The standard InChI is InChI=1S/C25H30N2O4S/c1-17(2)18-6-8-19(9-7-18)22-21(23(28)20-5-3-16-32-20)24(29)25(30)27(22)11-4-10-26-12-14-31-15-13-26/h3,5-9,16-17,22,29H,4,10-15H2,1-2H3/t22-/m0/s1. The summed E-state index contributed by atoms with van der Waals surface area (Å²) in [4.78, 5) is 30.8. The number of morpholine rings is 1. The summed E-state index contributed by atoms with van der Waals surface area (Å²) in [5.41, 5.74) is 2.22. The van der Waals surface area contributed by atoms with Crippen LogP contribution in [0.5, 0.6) is 0 Å². The van der Waals surface area contributed by atoms with Crippen molar-refractivity contribution in [1.82, 2.24) is 9.80 Å². The van der Waals surface area contributed by atoms with Gasteiger partial charge in [0, 0.05) is 26.2 Å². The number of rotatable bonds is 8. The number of Topliss-reactive ketones (excluding diaryl/α,β-unsaturated/α-hetero) is 1. The zero-order chi connectivity index (χ0) is 22.7. The molecule has 2 aliphatic heterocycles. The van der Waals surface area contributed by atoms with Crippen LogP contribution in [0.2, 0.25) is 0 Å². The molecule has 4 rings (SSSR count). The van der Waals surface area contributed by atoms with Gasteiger partial charge in [0.2, 0.25) is 5.78 Å². The third-order valence-corrected chi connectivity index (χ3v) is 7.06. The first-order chi connectivity index (χ1) is 15.5. The lowest BCUT2D eigenvalue weighted by Gasteiger charge is -2.30. The van der Waals surface area contributed by atoms with Crippen LogP contribution in [0.1, 0.15) is 53.0 Å². The number of amides is 1. The summed E-state index contributed by atoms with van der Waals surface area (Å²) in [6, 6.07) is 11.0. The lowest BCUT2D eigenvalue weighted by Crippen LogP contribution is -2.39. The van der Waals surface area contributed by atoms with Gasteiger partial charge in [0.1, 0.15) is 0 Å². The second kappa shape index (κ2) is 9.98. The van der Waals surface area contributed by atoms with Gasteiger partial charge in [0.25, 0.3) is 5.91 Å².